The quantitative estimate of drug-likeness (QED) is 0.0243. The summed E-state index contributed by atoms with van der Waals surface area (Å²) < 4.78 is 0. The van der Waals surface area contributed by atoms with Crippen LogP contribution in [0.2, 0.25) is 5.02 Å². The molecule has 630 valence electrons. The van der Waals surface area contributed by atoms with E-state index in [1.54, 1.807) is 36.4 Å². The molecule has 17 amide bonds. The summed E-state index contributed by atoms with van der Waals surface area (Å²) in [5.41, 5.74) is 13.8. The van der Waals surface area contributed by atoms with Gasteiger partial charge in [-0.25, -0.2) is 9.59 Å². The molecule has 118 heavy (non-hydrogen) atoms. The predicted molar refractivity (Wildman–Crippen MR) is 439 cm³/mol. The molecule has 0 radical (unpaired) electrons. The minimum Gasteiger partial charge on any atom is -0.394 e. The average molecular weight is 1650 g/mol. The van der Waals surface area contributed by atoms with Crippen LogP contribution in [0.3, 0.4) is 0 Å². The summed E-state index contributed by atoms with van der Waals surface area (Å²) in [4.78, 5) is 215. The van der Waals surface area contributed by atoms with Crippen molar-refractivity contribution in [1.29, 1.82) is 0 Å². The Labute approximate surface area is 688 Å². The van der Waals surface area contributed by atoms with Crippen LogP contribution in [0, 0.1) is 5.92 Å². The van der Waals surface area contributed by atoms with Gasteiger partial charge in [-0.3, -0.25) is 72.6 Å². The minimum absolute atomic E-state index is 0.00872. The molecule has 10 atom stereocenters. The smallest absolute Gasteiger partial charge is 0.322 e. The van der Waals surface area contributed by atoms with Gasteiger partial charge >= 0.3 is 12.1 Å². The van der Waals surface area contributed by atoms with Gasteiger partial charge in [-0.2, -0.15) is 0 Å². The lowest BCUT2D eigenvalue weighted by molar-refractivity contribution is -0.149. The summed E-state index contributed by atoms with van der Waals surface area (Å²) >= 11 is 6.27. The Bertz CT molecular complexity index is 4540. The number of amides is 17. The number of unbranched alkanes of at least 4 members (excludes halogenated alkanes) is 1. The first-order valence-electron chi connectivity index (χ1n) is 39.2. The largest absolute Gasteiger partial charge is 0.394 e. The van der Waals surface area contributed by atoms with Gasteiger partial charge in [0.05, 0.1) is 19.6 Å². The maximum absolute atomic E-state index is 15.4. The van der Waals surface area contributed by atoms with Crippen LogP contribution in [-0.4, -0.2) is 208 Å². The Morgan fingerprint density at radius 2 is 1.14 bits per heavy atom. The summed E-state index contributed by atoms with van der Waals surface area (Å²) in [5.74, 6) is -10.7. The molecule has 1 aromatic heterocycles. The van der Waals surface area contributed by atoms with E-state index in [0.29, 0.717) is 58.6 Å². The van der Waals surface area contributed by atoms with Crippen LogP contribution >= 0.6 is 11.6 Å². The number of pyridine rings is 1. The Hall–Kier alpha value is -12.4. The molecule has 8 rings (SSSR count). The summed E-state index contributed by atoms with van der Waals surface area (Å²) in [7, 11) is 0. The Kier molecular flexibility index (Phi) is 34.4. The highest BCUT2D eigenvalue weighted by molar-refractivity contribution is 6.30. The predicted octanol–water partition coefficient (Wildman–Crippen LogP) is 1.86. The van der Waals surface area contributed by atoms with E-state index in [9.17, 15) is 53.1 Å². The first kappa shape index (κ1) is 91.1. The summed E-state index contributed by atoms with van der Waals surface area (Å²) in [6.45, 7) is 9.17. The third-order valence-corrected chi connectivity index (χ3v) is 20.0. The number of carbonyl (C=O) groups excluding carboxylic acids is 15. The number of aliphatic hydroxyl groups excluding tert-OH is 1. The van der Waals surface area contributed by atoms with Crippen molar-refractivity contribution >= 4 is 123 Å². The number of likely N-dealkylation sites (tertiary alicyclic amines) is 1. The van der Waals surface area contributed by atoms with E-state index in [2.05, 4.69) is 74.1 Å². The zero-order valence-corrected chi connectivity index (χ0v) is 67.4. The SMILES string of the molecule is CC(=O)N[C@H](Cc1ccc2ccccc2c1)C(=O)N[C@H](Cc1ccc(Cl)cc1)C(=O)N[C@H](CCc1cccnc1)C(=O)N[C@@H](CO)C(=O)N[C@@H](Cc1ccc(NC(=O)[C@@H]2CC(=O)NC(=O)N2)cc1)C(=O)N[C@H](Cc1ccc(NC(N)=O)cc1)C(=O)NCC(=O)N(CC(C)C)[C@@H](CCCCNC(C)C)C(=O)N1CCC[C@H]1C(=O)N[C@H](C)C(N)=O. The number of halogens is 1. The molecule has 6 aromatic rings. The number of fused-ring (bicyclic) bond motifs is 1. The lowest BCUT2D eigenvalue weighted by Gasteiger charge is -2.36. The lowest BCUT2D eigenvalue weighted by atomic mass is 9.99. The molecule has 35 heteroatoms. The topological polar surface area (TPSA) is 504 Å². The highest BCUT2D eigenvalue weighted by Crippen LogP contribution is 2.25. The Morgan fingerprint density at radius 1 is 0.593 bits per heavy atom. The molecule has 2 aliphatic heterocycles. The van der Waals surface area contributed by atoms with Crippen molar-refractivity contribution in [2.45, 2.75) is 185 Å². The van der Waals surface area contributed by atoms with Crippen LogP contribution in [0.25, 0.3) is 10.8 Å². The van der Waals surface area contributed by atoms with Crippen LogP contribution in [-0.2, 0) is 94.4 Å². The Balaban J connectivity index is 1.09. The van der Waals surface area contributed by atoms with Crippen molar-refractivity contribution < 1.29 is 77.0 Å². The van der Waals surface area contributed by atoms with Crippen molar-refractivity contribution in [3.8, 4) is 0 Å². The van der Waals surface area contributed by atoms with E-state index in [-0.39, 0.29) is 87.8 Å². The zero-order chi connectivity index (χ0) is 85.7. The van der Waals surface area contributed by atoms with Crippen molar-refractivity contribution in [2.24, 2.45) is 17.4 Å². The first-order chi connectivity index (χ1) is 56.3. The van der Waals surface area contributed by atoms with Gasteiger partial charge in [0.1, 0.15) is 60.4 Å². The molecule has 2 saturated heterocycles. The number of anilines is 2. The van der Waals surface area contributed by atoms with E-state index in [1.165, 1.54) is 84.6 Å². The molecule has 0 spiro atoms. The summed E-state index contributed by atoms with van der Waals surface area (Å²) in [6.07, 6.45) is 3.59. The van der Waals surface area contributed by atoms with E-state index in [1.807, 2.05) is 70.2 Å². The summed E-state index contributed by atoms with van der Waals surface area (Å²) in [5, 5.41) is 47.5. The molecule has 5 aromatic carbocycles. The highest BCUT2D eigenvalue weighted by atomic mass is 35.5. The number of imide groups is 1. The van der Waals surface area contributed by atoms with Gasteiger partial charge in [0, 0.05) is 80.5 Å². The van der Waals surface area contributed by atoms with Crippen LogP contribution < -0.4 is 80.6 Å². The number of hydrogen-bond acceptors (Lipinski definition) is 18. The molecule has 0 aliphatic carbocycles. The lowest BCUT2D eigenvalue weighted by Crippen LogP contribution is -2.61. The molecule has 0 unspecified atom stereocenters. The van der Waals surface area contributed by atoms with Crippen LogP contribution in [0.4, 0.5) is 21.0 Å². The number of urea groups is 2. The summed E-state index contributed by atoms with van der Waals surface area (Å²) in [6, 6.07) is 19.2. The molecule has 2 fully saturated rings. The number of nitrogens with two attached hydrogens (primary N) is 2. The standard InChI is InChI=1S/C83H105ClN18O16/c1-47(2)45-102(69(16-9-10-35-88-48(3)4)81(116)101-36-12-17-68(101)80(115)90-49(5)72(85)107)71(106)44-89-73(108)62(38-52-23-31-60(32-24-52)93-82(86)117)95-78(113)65(40-53-21-29-59(30-22-53)92-75(110)66-42-70(105)100-83(118)99-66)97-79(114)67(46-103)98-74(109)61(33-25-54-13-11-34-87-43-54)94-77(112)64(39-51-19-27-58(84)28-20-51)96-76(111)63(91-50(6)104)41-55-18-26-56-14-7-8-15-57(56)37-55/h7-8,11,13-15,18-24,26-32,34,37,43,47-49,61-69,88,103H,9-10,12,16-17,25,33,35-36,38-42,44-46H2,1-6H3,(H2,85,107)(H,89,108)(H,90,115)(H,91,104)(H,92,110)(H,94,112)(H,95,113)(H,96,111)(H,97,114)(H,98,109)(H3,86,93,117)(H2,99,100,105,118)/t49-,61-,62-,63-,64-,65+,66+,67+,68+,69+/m1/s1. The van der Waals surface area contributed by atoms with Gasteiger partial charge in [0.25, 0.3) is 0 Å². The van der Waals surface area contributed by atoms with E-state index in [0.717, 1.165) is 10.8 Å². The maximum atomic E-state index is 15.4. The maximum Gasteiger partial charge on any atom is 0.322 e. The van der Waals surface area contributed by atoms with Crippen molar-refractivity contribution in [3.63, 3.8) is 0 Å². The monoisotopic (exact) mass is 1640 g/mol. The third kappa shape index (κ3) is 28.5. The third-order valence-electron chi connectivity index (χ3n) is 19.7. The zero-order valence-electron chi connectivity index (χ0n) is 66.7. The second-order valence-corrected chi connectivity index (χ2v) is 30.5. The number of aryl methyl sites for hydroxylation is 1. The number of nitrogens with one attached hydrogen (secondary N) is 13. The molecule has 18 N–H and O–H groups in total. The number of rotatable bonds is 42. The fraction of sp³-hybridized carbons (Fsp3) is 0.422. The highest BCUT2D eigenvalue weighted by Gasteiger charge is 2.42. The van der Waals surface area contributed by atoms with Gasteiger partial charge in [-0.05, 0) is 145 Å². The van der Waals surface area contributed by atoms with Crippen molar-refractivity contribution in [2.75, 3.05) is 43.4 Å². The van der Waals surface area contributed by atoms with Gasteiger partial charge in [0.2, 0.25) is 76.8 Å². The number of carbonyl (C=O) groups is 15. The van der Waals surface area contributed by atoms with Gasteiger partial charge in [-0.1, -0.05) is 124 Å². The minimum atomic E-state index is -1.91. The van der Waals surface area contributed by atoms with Crippen LogP contribution in [0.15, 0.2) is 140 Å². The first-order valence-corrected chi connectivity index (χ1v) is 39.5. The van der Waals surface area contributed by atoms with E-state index >= 15 is 24.0 Å². The average Bonchev–Trinajstić information content (AvgIpc) is 1.59. The van der Waals surface area contributed by atoms with Gasteiger partial charge < -0.3 is 90.2 Å². The van der Waals surface area contributed by atoms with Gasteiger partial charge in [0.15, 0.2) is 0 Å². The van der Waals surface area contributed by atoms with E-state index < -0.39 is 169 Å². The van der Waals surface area contributed by atoms with Crippen LogP contribution in [0.1, 0.15) is 114 Å². The van der Waals surface area contributed by atoms with Crippen molar-refractivity contribution in [1.82, 2.24) is 73.3 Å². The number of aliphatic hydroxyl groups is 1. The molecule has 0 bridgehead atoms. The molecular formula is C83H105ClN18O16. The molecule has 2 aliphatic rings. The fourth-order valence-electron chi connectivity index (χ4n) is 13.6. The molecule has 0 saturated carbocycles. The number of aromatic nitrogens is 1. The Morgan fingerprint density at radius 3 is 1.69 bits per heavy atom. The number of primary amides is 2. The van der Waals surface area contributed by atoms with Crippen LogP contribution in [0.5, 0.6) is 0 Å². The molecular weight excluding hydrogens is 1540 g/mol. The number of benzene rings is 5. The second-order valence-electron chi connectivity index (χ2n) is 30.0. The molecule has 3 heterocycles. The van der Waals surface area contributed by atoms with Gasteiger partial charge in [-0.15, -0.1) is 0 Å². The fourth-order valence-corrected chi connectivity index (χ4v) is 13.7. The number of nitrogens with zero attached hydrogens (tertiary/aromatic N) is 3. The van der Waals surface area contributed by atoms with Crippen molar-refractivity contribution in [3.05, 3.63) is 173 Å². The second kappa shape index (κ2) is 44.6. The van der Waals surface area contributed by atoms with E-state index in [4.69, 9.17) is 23.1 Å². The molecule has 34 nitrogen and oxygen atoms in total. The normalized spacial score (nSPS) is 15.8. The number of hydrogen-bond donors (Lipinski definition) is 16.